The van der Waals surface area contributed by atoms with Gasteiger partial charge in [0.05, 0.1) is 13.7 Å². The number of quaternary nitrogens is 1. The van der Waals surface area contributed by atoms with Gasteiger partial charge in [-0.15, -0.1) is 0 Å². The minimum Gasteiger partial charge on any atom is -0.496 e. The molecule has 3 atom stereocenters. The van der Waals surface area contributed by atoms with Crippen molar-refractivity contribution in [2.24, 2.45) is 5.73 Å². The maximum Gasteiger partial charge on any atom is 0.351 e. The highest BCUT2D eigenvalue weighted by molar-refractivity contribution is 5.92. The van der Waals surface area contributed by atoms with Gasteiger partial charge in [-0.25, -0.2) is 9.28 Å². The zero-order valence-electron chi connectivity index (χ0n) is 13.2. The van der Waals surface area contributed by atoms with Crippen molar-refractivity contribution in [3.8, 4) is 5.75 Å². The Balaban J connectivity index is 2.41. The van der Waals surface area contributed by atoms with Crippen LogP contribution >= 0.6 is 0 Å². The molecular formula is C16H25N2O4+. The topological polar surface area (TPSA) is 81.8 Å². The maximum atomic E-state index is 13.2. The van der Waals surface area contributed by atoms with E-state index in [1.54, 1.807) is 18.2 Å². The monoisotopic (exact) mass is 309 g/mol. The zero-order valence-corrected chi connectivity index (χ0v) is 13.2. The van der Waals surface area contributed by atoms with Crippen LogP contribution in [0.25, 0.3) is 0 Å². The van der Waals surface area contributed by atoms with Gasteiger partial charge in [0, 0.05) is 0 Å². The third kappa shape index (κ3) is 3.15. The van der Waals surface area contributed by atoms with Crippen molar-refractivity contribution in [3.05, 3.63) is 29.8 Å². The van der Waals surface area contributed by atoms with Crippen LogP contribution in [-0.4, -0.2) is 61.2 Å². The number of ether oxygens (including phenoxy) is 2. The number of amides is 1. The summed E-state index contributed by atoms with van der Waals surface area (Å²) in [6.07, 6.45) is -0.498. The predicted octanol–water partition coefficient (Wildman–Crippen LogP) is 0.738. The van der Waals surface area contributed by atoms with Crippen LogP contribution in [0.5, 0.6) is 5.75 Å². The molecule has 0 saturated carbocycles. The average Bonchev–Trinajstić information content (AvgIpc) is 2.56. The molecule has 122 valence electrons. The Labute approximate surface area is 131 Å². The van der Waals surface area contributed by atoms with Crippen molar-refractivity contribution >= 4 is 5.91 Å². The number of carbonyl (C=O) groups excluding carboxylic acids is 1. The number of rotatable bonds is 5. The quantitative estimate of drug-likeness (QED) is 0.784. The highest BCUT2D eigenvalue weighted by Crippen LogP contribution is 2.27. The third-order valence-corrected chi connectivity index (χ3v) is 4.31. The van der Waals surface area contributed by atoms with E-state index in [9.17, 15) is 9.90 Å². The molecule has 1 aromatic carbocycles. The van der Waals surface area contributed by atoms with Crippen molar-refractivity contribution in [2.75, 3.05) is 33.4 Å². The number of nitrogens with zero attached hydrogens (tertiary/aromatic N) is 1. The zero-order chi connectivity index (χ0) is 16.2. The van der Waals surface area contributed by atoms with Crippen molar-refractivity contribution in [2.45, 2.75) is 25.6 Å². The fraction of sp³-hybridized carbons (Fsp3) is 0.562. The van der Waals surface area contributed by atoms with E-state index in [0.29, 0.717) is 37.5 Å². The summed E-state index contributed by atoms with van der Waals surface area (Å²) in [5, 5.41) is 10.1. The molecule has 1 aliphatic rings. The van der Waals surface area contributed by atoms with Crippen LogP contribution in [0.1, 0.15) is 23.7 Å². The molecule has 0 radical (unpaired) electrons. The Morgan fingerprint density at radius 1 is 1.55 bits per heavy atom. The first-order valence-corrected chi connectivity index (χ1v) is 7.61. The van der Waals surface area contributed by atoms with Gasteiger partial charge >= 0.3 is 5.91 Å². The Bertz CT molecular complexity index is 523. The maximum absolute atomic E-state index is 13.2. The molecule has 22 heavy (non-hydrogen) atoms. The first-order chi connectivity index (χ1) is 10.5. The lowest BCUT2D eigenvalue weighted by atomic mass is 10.1. The summed E-state index contributed by atoms with van der Waals surface area (Å²) < 4.78 is 10.7. The SMILES string of the molecule is CCC(O)C[N+]1(C(=O)c2ccccc2OC)CCOCC1N. The average molecular weight is 309 g/mol. The summed E-state index contributed by atoms with van der Waals surface area (Å²) in [4.78, 5) is 13.2. The van der Waals surface area contributed by atoms with E-state index in [-0.39, 0.29) is 16.9 Å². The molecule has 3 unspecified atom stereocenters. The number of hydrogen-bond acceptors (Lipinski definition) is 5. The Kier molecular flexibility index (Phi) is 5.52. The number of carbonyl (C=O) groups is 1. The standard InChI is InChI=1S/C16H25N2O4/c1-3-12(19)10-18(8-9-22-11-15(18)17)16(20)13-6-4-5-7-14(13)21-2/h4-7,12,15,19H,3,8-11,17H2,1-2H3/q+1. The number of methoxy groups -OCH3 is 1. The first kappa shape index (κ1) is 16.9. The van der Waals surface area contributed by atoms with Gasteiger partial charge in [-0.05, 0) is 18.6 Å². The summed E-state index contributed by atoms with van der Waals surface area (Å²) in [6, 6.07) is 7.11. The molecule has 1 amide bonds. The highest BCUT2D eigenvalue weighted by atomic mass is 16.5. The normalized spacial score (nSPS) is 26.5. The number of benzene rings is 1. The summed E-state index contributed by atoms with van der Waals surface area (Å²) in [5.41, 5.74) is 6.71. The second-order valence-corrected chi connectivity index (χ2v) is 5.65. The molecule has 1 saturated heterocycles. The number of nitrogens with two attached hydrogens (primary N) is 1. The number of hydrogen-bond donors (Lipinski definition) is 2. The molecule has 6 nitrogen and oxygen atoms in total. The Morgan fingerprint density at radius 3 is 2.91 bits per heavy atom. The van der Waals surface area contributed by atoms with Gasteiger partial charge in [-0.1, -0.05) is 19.1 Å². The van der Waals surface area contributed by atoms with Crippen LogP contribution in [-0.2, 0) is 4.74 Å². The van der Waals surface area contributed by atoms with Crippen LogP contribution in [0, 0.1) is 0 Å². The molecule has 0 spiro atoms. The fourth-order valence-corrected chi connectivity index (χ4v) is 2.87. The van der Waals surface area contributed by atoms with Gasteiger partial charge in [0.15, 0.2) is 6.17 Å². The molecule has 3 N–H and O–H groups in total. The lowest BCUT2D eigenvalue weighted by molar-refractivity contribution is -0.886. The molecule has 2 rings (SSSR count). The van der Waals surface area contributed by atoms with Crippen LogP contribution < -0.4 is 10.5 Å². The molecule has 0 bridgehead atoms. The van der Waals surface area contributed by atoms with Crippen molar-refractivity contribution in [3.63, 3.8) is 0 Å². The second kappa shape index (κ2) is 7.19. The molecule has 1 fully saturated rings. The fourth-order valence-electron chi connectivity index (χ4n) is 2.87. The van der Waals surface area contributed by atoms with Gasteiger partial charge in [0.2, 0.25) is 0 Å². The van der Waals surface area contributed by atoms with Gasteiger partial charge in [0.25, 0.3) is 0 Å². The second-order valence-electron chi connectivity index (χ2n) is 5.65. The van der Waals surface area contributed by atoms with Crippen LogP contribution in [0.2, 0.25) is 0 Å². The van der Waals surface area contributed by atoms with E-state index in [0.717, 1.165) is 0 Å². The summed E-state index contributed by atoms with van der Waals surface area (Å²) >= 11 is 0. The van der Waals surface area contributed by atoms with Crippen molar-refractivity contribution in [1.82, 2.24) is 0 Å². The van der Waals surface area contributed by atoms with Gasteiger partial charge in [0.1, 0.15) is 37.1 Å². The van der Waals surface area contributed by atoms with E-state index in [4.69, 9.17) is 15.2 Å². The largest absolute Gasteiger partial charge is 0.496 e. The number of para-hydroxylation sites is 1. The predicted molar refractivity (Wildman–Crippen MR) is 82.4 cm³/mol. The van der Waals surface area contributed by atoms with Crippen LogP contribution in [0.3, 0.4) is 0 Å². The smallest absolute Gasteiger partial charge is 0.351 e. The summed E-state index contributed by atoms with van der Waals surface area (Å²) in [7, 11) is 1.54. The van der Waals surface area contributed by atoms with E-state index < -0.39 is 12.3 Å². The molecule has 0 aliphatic carbocycles. The lowest BCUT2D eigenvalue weighted by Gasteiger charge is -2.44. The molecule has 0 aromatic heterocycles. The van der Waals surface area contributed by atoms with E-state index in [2.05, 4.69) is 0 Å². The third-order valence-electron chi connectivity index (χ3n) is 4.31. The number of morpholine rings is 1. The van der Waals surface area contributed by atoms with E-state index >= 15 is 0 Å². The van der Waals surface area contributed by atoms with Gasteiger partial charge in [-0.2, -0.15) is 0 Å². The Morgan fingerprint density at radius 2 is 2.27 bits per heavy atom. The summed E-state index contributed by atoms with van der Waals surface area (Å²) in [5.74, 6) is 0.399. The first-order valence-electron chi connectivity index (χ1n) is 7.61. The number of aliphatic hydroxyl groups excluding tert-OH is 1. The van der Waals surface area contributed by atoms with E-state index in [1.807, 2.05) is 13.0 Å². The molecular weight excluding hydrogens is 284 g/mol. The van der Waals surface area contributed by atoms with E-state index in [1.165, 1.54) is 7.11 Å². The molecule has 6 heteroatoms. The molecule has 1 aliphatic heterocycles. The van der Waals surface area contributed by atoms with Gasteiger partial charge in [-0.3, -0.25) is 5.73 Å². The Hall–Kier alpha value is -1.47. The summed E-state index contributed by atoms with van der Waals surface area (Å²) in [6.45, 7) is 3.38. The molecule has 1 aromatic rings. The van der Waals surface area contributed by atoms with Crippen molar-refractivity contribution in [1.29, 1.82) is 0 Å². The minimum atomic E-state index is -0.581. The molecule has 1 heterocycles. The van der Waals surface area contributed by atoms with Crippen LogP contribution in [0.4, 0.5) is 0 Å². The van der Waals surface area contributed by atoms with Crippen molar-refractivity contribution < 1.29 is 23.9 Å². The minimum absolute atomic E-state index is 0.00458. The lowest BCUT2D eigenvalue weighted by Crippen LogP contribution is -2.70. The number of aliphatic hydroxyl groups is 1. The highest BCUT2D eigenvalue weighted by Gasteiger charge is 2.47. The van der Waals surface area contributed by atoms with Crippen LogP contribution in [0.15, 0.2) is 24.3 Å². The van der Waals surface area contributed by atoms with Gasteiger partial charge < -0.3 is 14.6 Å².